The maximum Gasteiger partial charge on any atom is 0.240 e. The molecule has 2 atom stereocenters. The van der Waals surface area contributed by atoms with E-state index in [0.29, 0.717) is 23.7 Å². The Labute approximate surface area is 122 Å². The van der Waals surface area contributed by atoms with Crippen molar-refractivity contribution in [1.82, 2.24) is 4.72 Å². The molecule has 0 aromatic heterocycles. The lowest BCUT2D eigenvalue weighted by molar-refractivity contribution is 0.584. The molecule has 114 valence electrons. The molecule has 6 nitrogen and oxygen atoms in total. The first kappa shape index (κ1) is 16.9. The highest BCUT2D eigenvalue weighted by Gasteiger charge is 2.15. The van der Waals surface area contributed by atoms with Crippen LogP contribution in [0, 0.1) is 0 Å². The third kappa shape index (κ3) is 4.77. The molecule has 1 aromatic carbocycles. The molecule has 0 radical (unpaired) electrons. The van der Waals surface area contributed by atoms with Crippen LogP contribution in [-0.4, -0.2) is 37.2 Å². The van der Waals surface area contributed by atoms with Crippen LogP contribution >= 0.6 is 0 Å². The first-order valence-electron chi connectivity index (χ1n) is 6.22. The quantitative estimate of drug-likeness (QED) is 0.644. The molecule has 20 heavy (non-hydrogen) atoms. The average molecular weight is 319 g/mol. The summed E-state index contributed by atoms with van der Waals surface area (Å²) >= 11 is 0. The van der Waals surface area contributed by atoms with Gasteiger partial charge >= 0.3 is 0 Å². The number of benzene rings is 1. The maximum absolute atomic E-state index is 11.9. The first-order valence-corrected chi connectivity index (χ1v) is 9.43. The van der Waals surface area contributed by atoms with E-state index in [-0.39, 0.29) is 10.9 Å². The van der Waals surface area contributed by atoms with Crippen LogP contribution in [-0.2, 0) is 20.8 Å². The smallest absolute Gasteiger partial charge is 0.240 e. The summed E-state index contributed by atoms with van der Waals surface area (Å²) in [4.78, 5) is 0.154. The Morgan fingerprint density at radius 2 is 2.05 bits per heavy atom. The van der Waals surface area contributed by atoms with Crippen molar-refractivity contribution in [2.24, 2.45) is 0 Å². The van der Waals surface area contributed by atoms with Crippen molar-refractivity contribution in [2.75, 3.05) is 29.6 Å². The molecule has 0 fully saturated rings. The van der Waals surface area contributed by atoms with Crippen LogP contribution in [0.3, 0.4) is 0 Å². The molecule has 0 aliphatic carbocycles. The van der Waals surface area contributed by atoms with Crippen molar-refractivity contribution in [3.05, 3.63) is 18.2 Å². The van der Waals surface area contributed by atoms with Crippen LogP contribution in [0.2, 0.25) is 0 Å². The largest absolute Gasteiger partial charge is 0.397 e. The highest BCUT2D eigenvalue weighted by molar-refractivity contribution is 7.89. The molecule has 0 bridgehead atoms. The van der Waals surface area contributed by atoms with Gasteiger partial charge in [0.25, 0.3) is 0 Å². The second-order valence-corrected chi connectivity index (χ2v) is 7.78. The third-order valence-corrected chi connectivity index (χ3v) is 5.07. The van der Waals surface area contributed by atoms with Gasteiger partial charge < -0.3 is 11.1 Å². The molecule has 0 aliphatic heterocycles. The summed E-state index contributed by atoms with van der Waals surface area (Å²) in [5, 5.41) is 3.09. The molecule has 8 heteroatoms. The van der Waals surface area contributed by atoms with E-state index in [9.17, 15) is 12.6 Å². The lowest BCUT2D eigenvalue weighted by Crippen LogP contribution is -2.25. The van der Waals surface area contributed by atoms with E-state index < -0.39 is 20.8 Å². The van der Waals surface area contributed by atoms with Gasteiger partial charge in [0.15, 0.2) is 0 Å². The lowest BCUT2D eigenvalue weighted by Gasteiger charge is -2.16. The molecule has 0 spiro atoms. The van der Waals surface area contributed by atoms with E-state index in [1.165, 1.54) is 12.1 Å². The second kappa shape index (κ2) is 7.05. The maximum atomic E-state index is 11.9. The predicted molar refractivity (Wildman–Crippen MR) is 83.7 cm³/mol. The van der Waals surface area contributed by atoms with E-state index in [1.807, 2.05) is 6.92 Å². The van der Waals surface area contributed by atoms with Gasteiger partial charge in [0, 0.05) is 35.4 Å². The number of hydrogen-bond donors (Lipinski definition) is 3. The fourth-order valence-electron chi connectivity index (χ4n) is 1.76. The molecule has 2 unspecified atom stereocenters. The topological polar surface area (TPSA) is 101 Å². The summed E-state index contributed by atoms with van der Waals surface area (Å²) in [6.45, 7) is 3.90. The van der Waals surface area contributed by atoms with Crippen LogP contribution in [0.5, 0.6) is 0 Å². The van der Waals surface area contributed by atoms with Gasteiger partial charge in [-0.2, -0.15) is 0 Å². The zero-order chi connectivity index (χ0) is 15.3. The summed E-state index contributed by atoms with van der Waals surface area (Å²) < 4.78 is 37.5. The van der Waals surface area contributed by atoms with Crippen molar-refractivity contribution in [3.63, 3.8) is 0 Å². The Hall–Kier alpha value is -1.12. The highest BCUT2D eigenvalue weighted by atomic mass is 32.2. The normalized spacial score (nSPS) is 14.8. The van der Waals surface area contributed by atoms with Gasteiger partial charge in [-0.1, -0.05) is 6.92 Å². The minimum atomic E-state index is -3.51. The third-order valence-electron chi connectivity index (χ3n) is 2.56. The molecule has 1 rings (SSSR count). The van der Waals surface area contributed by atoms with E-state index in [0.717, 1.165) is 0 Å². The summed E-state index contributed by atoms with van der Waals surface area (Å²) in [6, 6.07) is 4.42. The van der Waals surface area contributed by atoms with E-state index in [1.54, 1.807) is 19.2 Å². The number of hydrogen-bond acceptors (Lipinski definition) is 5. The van der Waals surface area contributed by atoms with Crippen LogP contribution in [0.25, 0.3) is 0 Å². The molecule has 4 N–H and O–H groups in total. The molecular weight excluding hydrogens is 298 g/mol. The molecule has 1 aromatic rings. The Morgan fingerprint density at radius 3 is 2.60 bits per heavy atom. The van der Waals surface area contributed by atoms with E-state index >= 15 is 0 Å². The van der Waals surface area contributed by atoms with E-state index in [4.69, 9.17) is 5.73 Å². The van der Waals surface area contributed by atoms with E-state index in [2.05, 4.69) is 10.0 Å². The zero-order valence-electron chi connectivity index (χ0n) is 11.8. The summed E-state index contributed by atoms with van der Waals surface area (Å²) in [5.41, 5.74) is 6.81. The van der Waals surface area contributed by atoms with Gasteiger partial charge in [0.2, 0.25) is 10.0 Å². The number of nitrogens with one attached hydrogen (secondary N) is 2. The number of rotatable bonds is 7. The first-order chi connectivity index (χ1) is 9.26. The molecule has 0 aliphatic rings. The molecular formula is C12H21N3O3S2. The molecule has 0 saturated carbocycles. The highest BCUT2D eigenvalue weighted by Crippen LogP contribution is 2.23. The zero-order valence-corrected chi connectivity index (χ0v) is 13.5. The summed E-state index contributed by atoms with van der Waals surface area (Å²) in [7, 11) is -4.45. The van der Waals surface area contributed by atoms with Crippen LogP contribution < -0.4 is 15.8 Å². The van der Waals surface area contributed by atoms with Crippen molar-refractivity contribution >= 4 is 32.2 Å². The van der Waals surface area contributed by atoms with Crippen molar-refractivity contribution < 1.29 is 12.6 Å². The van der Waals surface area contributed by atoms with Gasteiger partial charge in [-0.15, -0.1) is 0 Å². The predicted octanol–water partition coefficient (Wildman–Crippen LogP) is 0.746. The van der Waals surface area contributed by atoms with Crippen molar-refractivity contribution in [3.8, 4) is 0 Å². The summed E-state index contributed by atoms with van der Waals surface area (Å²) in [5.74, 6) is 0.462. The minimum Gasteiger partial charge on any atom is -0.397 e. The molecule has 0 amide bonds. The molecule has 0 saturated heterocycles. The Bertz CT molecular complexity index is 588. The van der Waals surface area contributed by atoms with Crippen LogP contribution in [0.1, 0.15) is 13.8 Å². The van der Waals surface area contributed by atoms with Crippen molar-refractivity contribution in [1.29, 1.82) is 0 Å². The van der Waals surface area contributed by atoms with Gasteiger partial charge in [0.1, 0.15) is 0 Å². The minimum absolute atomic E-state index is 0.0692. The summed E-state index contributed by atoms with van der Waals surface area (Å²) in [6.07, 6.45) is 1.62. The fourth-order valence-corrected chi connectivity index (χ4v) is 3.61. The average Bonchev–Trinajstić information content (AvgIpc) is 2.30. The number of nitrogen functional groups attached to an aromatic ring is 1. The number of sulfonamides is 1. The SMILES string of the molecule is CCNS(=O)(=O)c1ccc(N)c(NC(C)CS(C)=O)c1. The monoisotopic (exact) mass is 319 g/mol. The van der Waals surface area contributed by atoms with Crippen LogP contribution in [0.15, 0.2) is 23.1 Å². The van der Waals surface area contributed by atoms with Gasteiger partial charge in [-0.25, -0.2) is 13.1 Å². The van der Waals surface area contributed by atoms with Crippen molar-refractivity contribution in [2.45, 2.75) is 24.8 Å². The lowest BCUT2D eigenvalue weighted by atomic mass is 10.2. The van der Waals surface area contributed by atoms with Crippen LogP contribution in [0.4, 0.5) is 11.4 Å². The van der Waals surface area contributed by atoms with Gasteiger partial charge in [-0.3, -0.25) is 4.21 Å². The van der Waals surface area contributed by atoms with Gasteiger partial charge in [0.05, 0.1) is 16.3 Å². The Kier molecular flexibility index (Phi) is 5.97. The second-order valence-electron chi connectivity index (χ2n) is 4.54. The Balaban J connectivity index is 3.01. The number of anilines is 2. The fraction of sp³-hybridized carbons (Fsp3) is 0.500. The van der Waals surface area contributed by atoms with Gasteiger partial charge in [-0.05, 0) is 25.1 Å². The Morgan fingerprint density at radius 1 is 1.40 bits per heavy atom. The number of nitrogens with two attached hydrogens (primary N) is 1. The molecule has 0 heterocycles. The standard InChI is InChI=1S/C12H21N3O3S2/c1-4-14-20(17,18)10-5-6-11(13)12(7-10)15-9(2)8-19(3)16/h5-7,9,14-15H,4,8,13H2,1-3H3.